The number of amides is 1. The number of nitrogens with one attached hydrogen (secondary N) is 1. The third-order valence-corrected chi connectivity index (χ3v) is 3.96. The maximum atomic E-state index is 12.1. The lowest BCUT2D eigenvalue weighted by Gasteiger charge is -2.26. The van der Waals surface area contributed by atoms with Crippen LogP contribution in [-0.4, -0.2) is 28.9 Å². The molecule has 0 saturated carbocycles. The highest BCUT2D eigenvalue weighted by Crippen LogP contribution is 2.19. The van der Waals surface area contributed by atoms with Gasteiger partial charge in [-0.3, -0.25) is 20.3 Å². The van der Waals surface area contributed by atoms with Crippen LogP contribution in [0, 0.1) is 13.7 Å². The number of nitrogens with zero attached hydrogens (tertiary/aromatic N) is 2. The van der Waals surface area contributed by atoms with E-state index < -0.39 is 4.92 Å². The average molecular weight is 375 g/mol. The number of nitro benzene ring substituents is 1. The summed E-state index contributed by atoms with van der Waals surface area (Å²) in [5.74, 6) is -0.282. The second-order valence-electron chi connectivity index (χ2n) is 4.41. The Morgan fingerprint density at radius 2 is 2.00 bits per heavy atom. The van der Waals surface area contributed by atoms with Gasteiger partial charge in [0.25, 0.3) is 11.6 Å². The normalized spacial score (nSPS) is 16.1. The van der Waals surface area contributed by atoms with E-state index in [0.29, 0.717) is 9.13 Å². The standard InChI is InChI=1S/C12H14IN3O3/c13-11-5-4-9(16(18)19)8-10(11)12(17)14-15-6-2-1-3-7-15/h4-5,8H,1-3,6-7H2,(H,14,17). The molecule has 7 heteroatoms. The summed E-state index contributed by atoms with van der Waals surface area (Å²) in [4.78, 5) is 22.4. The van der Waals surface area contributed by atoms with E-state index in [1.807, 2.05) is 27.6 Å². The molecular formula is C12H14IN3O3. The maximum Gasteiger partial charge on any atom is 0.270 e. The Labute approximate surface area is 124 Å². The number of piperidine rings is 1. The van der Waals surface area contributed by atoms with Crippen LogP contribution in [0.25, 0.3) is 0 Å². The third-order valence-electron chi connectivity index (χ3n) is 3.02. The van der Waals surface area contributed by atoms with E-state index in [-0.39, 0.29) is 11.6 Å². The smallest absolute Gasteiger partial charge is 0.270 e. The van der Waals surface area contributed by atoms with E-state index in [4.69, 9.17) is 0 Å². The summed E-state index contributed by atoms with van der Waals surface area (Å²) in [5, 5.41) is 12.6. The molecule has 1 aromatic rings. The van der Waals surface area contributed by atoms with Crippen molar-refractivity contribution in [1.29, 1.82) is 0 Å². The predicted octanol–water partition coefficient (Wildman–Crippen LogP) is 2.33. The second kappa shape index (κ2) is 6.29. The molecule has 0 bridgehead atoms. The van der Waals surface area contributed by atoms with E-state index in [1.54, 1.807) is 6.07 Å². The lowest BCUT2D eigenvalue weighted by Crippen LogP contribution is -2.45. The fraction of sp³-hybridized carbons (Fsp3) is 0.417. The minimum absolute atomic E-state index is 0.0655. The molecule has 2 rings (SSSR count). The molecule has 1 saturated heterocycles. The molecule has 0 atom stereocenters. The Kier molecular flexibility index (Phi) is 4.70. The molecule has 1 amide bonds. The van der Waals surface area contributed by atoms with Crippen LogP contribution in [0.4, 0.5) is 5.69 Å². The molecule has 1 aromatic carbocycles. The van der Waals surface area contributed by atoms with Crippen molar-refractivity contribution >= 4 is 34.2 Å². The highest BCUT2D eigenvalue weighted by Gasteiger charge is 2.18. The van der Waals surface area contributed by atoms with E-state index >= 15 is 0 Å². The van der Waals surface area contributed by atoms with Gasteiger partial charge in [-0.15, -0.1) is 0 Å². The molecule has 19 heavy (non-hydrogen) atoms. The van der Waals surface area contributed by atoms with Crippen LogP contribution < -0.4 is 5.43 Å². The summed E-state index contributed by atoms with van der Waals surface area (Å²) < 4.78 is 0.706. The highest BCUT2D eigenvalue weighted by molar-refractivity contribution is 14.1. The molecule has 1 heterocycles. The molecule has 1 fully saturated rings. The number of carbonyl (C=O) groups is 1. The summed E-state index contributed by atoms with van der Waals surface area (Å²) in [6, 6.07) is 4.31. The fourth-order valence-electron chi connectivity index (χ4n) is 2.01. The van der Waals surface area contributed by atoms with Crippen LogP contribution in [0.5, 0.6) is 0 Å². The molecule has 1 aliphatic rings. The van der Waals surface area contributed by atoms with Crippen molar-refractivity contribution in [1.82, 2.24) is 10.4 Å². The first-order chi connectivity index (χ1) is 9.08. The molecule has 0 radical (unpaired) electrons. The first-order valence-corrected chi connectivity index (χ1v) is 7.15. The summed E-state index contributed by atoms with van der Waals surface area (Å²) in [6.45, 7) is 1.66. The number of hydrogen-bond donors (Lipinski definition) is 1. The molecule has 102 valence electrons. The van der Waals surface area contributed by atoms with Crippen molar-refractivity contribution in [2.24, 2.45) is 0 Å². The van der Waals surface area contributed by atoms with Gasteiger partial charge in [0.2, 0.25) is 0 Å². The summed E-state index contributed by atoms with van der Waals surface area (Å²) in [5.41, 5.74) is 3.09. The summed E-state index contributed by atoms with van der Waals surface area (Å²) in [6.07, 6.45) is 3.30. The van der Waals surface area contributed by atoms with Crippen molar-refractivity contribution < 1.29 is 9.72 Å². The number of halogens is 1. The Morgan fingerprint density at radius 1 is 1.32 bits per heavy atom. The average Bonchev–Trinajstić information content (AvgIpc) is 2.40. The van der Waals surface area contributed by atoms with Crippen molar-refractivity contribution in [3.05, 3.63) is 37.4 Å². The first-order valence-electron chi connectivity index (χ1n) is 6.08. The number of hydrogen-bond acceptors (Lipinski definition) is 4. The van der Waals surface area contributed by atoms with Crippen LogP contribution in [0.15, 0.2) is 18.2 Å². The maximum absolute atomic E-state index is 12.1. The van der Waals surface area contributed by atoms with E-state index in [9.17, 15) is 14.9 Å². The number of carbonyl (C=O) groups excluding carboxylic acids is 1. The topological polar surface area (TPSA) is 75.5 Å². The lowest BCUT2D eigenvalue weighted by molar-refractivity contribution is -0.384. The minimum atomic E-state index is -0.492. The molecule has 6 nitrogen and oxygen atoms in total. The molecular weight excluding hydrogens is 361 g/mol. The van der Waals surface area contributed by atoms with E-state index in [0.717, 1.165) is 25.9 Å². The number of hydrazine groups is 1. The zero-order valence-electron chi connectivity index (χ0n) is 10.3. The summed E-state index contributed by atoms with van der Waals surface area (Å²) in [7, 11) is 0. The van der Waals surface area contributed by atoms with Crippen molar-refractivity contribution in [3.8, 4) is 0 Å². The zero-order chi connectivity index (χ0) is 13.8. The van der Waals surface area contributed by atoms with Gasteiger partial charge in [0.1, 0.15) is 0 Å². The number of nitro groups is 1. The van der Waals surface area contributed by atoms with Gasteiger partial charge in [-0.25, -0.2) is 5.01 Å². The first kappa shape index (κ1) is 14.2. The zero-order valence-corrected chi connectivity index (χ0v) is 12.4. The van der Waals surface area contributed by atoms with Crippen LogP contribution in [0.3, 0.4) is 0 Å². The van der Waals surface area contributed by atoms with Crippen LogP contribution in [-0.2, 0) is 0 Å². The van der Waals surface area contributed by atoms with Crippen molar-refractivity contribution in [2.45, 2.75) is 19.3 Å². The van der Waals surface area contributed by atoms with Crippen molar-refractivity contribution in [3.63, 3.8) is 0 Å². The molecule has 1 N–H and O–H groups in total. The van der Waals surface area contributed by atoms with Gasteiger partial charge >= 0.3 is 0 Å². The number of benzene rings is 1. The molecule has 0 aromatic heterocycles. The van der Waals surface area contributed by atoms with Gasteiger partial charge in [-0.05, 0) is 41.5 Å². The van der Waals surface area contributed by atoms with Gasteiger partial charge < -0.3 is 0 Å². The van der Waals surface area contributed by atoms with Gasteiger partial charge in [0.05, 0.1) is 10.5 Å². The van der Waals surface area contributed by atoms with E-state index in [2.05, 4.69) is 5.43 Å². The lowest BCUT2D eigenvalue weighted by atomic mass is 10.1. The van der Waals surface area contributed by atoms with Crippen LogP contribution in [0.1, 0.15) is 29.6 Å². The van der Waals surface area contributed by atoms with Crippen LogP contribution >= 0.6 is 22.6 Å². The van der Waals surface area contributed by atoms with Gasteiger partial charge in [0, 0.05) is 28.8 Å². The quantitative estimate of drug-likeness (QED) is 0.500. The Bertz CT molecular complexity index is 501. The van der Waals surface area contributed by atoms with Gasteiger partial charge in [0.15, 0.2) is 0 Å². The monoisotopic (exact) mass is 375 g/mol. The molecule has 0 aliphatic carbocycles. The Balaban J connectivity index is 2.13. The van der Waals surface area contributed by atoms with Crippen LogP contribution in [0.2, 0.25) is 0 Å². The molecule has 0 unspecified atom stereocenters. The molecule has 0 spiro atoms. The van der Waals surface area contributed by atoms with Gasteiger partial charge in [-0.1, -0.05) is 6.42 Å². The SMILES string of the molecule is O=C(NN1CCCCC1)c1cc([N+](=O)[O-])ccc1I. The number of rotatable bonds is 3. The van der Waals surface area contributed by atoms with E-state index in [1.165, 1.54) is 18.6 Å². The Morgan fingerprint density at radius 3 is 2.63 bits per heavy atom. The summed E-state index contributed by atoms with van der Waals surface area (Å²) >= 11 is 2.01. The third kappa shape index (κ3) is 3.63. The number of non-ortho nitro benzene ring substituents is 1. The largest absolute Gasteiger partial charge is 0.285 e. The fourth-order valence-corrected chi connectivity index (χ4v) is 2.59. The second-order valence-corrected chi connectivity index (χ2v) is 5.57. The minimum Gasteiger partial charge on any atom is -0.285 e. The predicted molar refractivity (Wildman–Crippen MR) is 78.7 cm³/mol. The molecule has 1 aliphatic heterocycles. The highest BCUT2D eigenvalue weighted by atomic mass is 127. The Hall–Kier alpha value is -1.22. The van der Waals surface area contributed by atoms with Crippen molar-refractivity contribution in [2.75, 3.05) is 13.1 Å². The van der Waals surface area contributed by atoms with Gasteiger partial charge in [-0.2, -0.15) is 0 Å².